The van der Waals surface area contributed by atoms with Crippen molar-refractivity contribution in [1.82, 2.24) is 5.32 Å². The SMILES string of the molecule is Nc1ccc(C(=O)N[C@@H]2C=C[C@H](CO)C2)cc1[N+](=O)[O-]. The maximum absolute atomic E-state index is 12.0. The Balaban J connectivity index is 2.08. The molecule has 0 spiro atoms. The highest BCUT2D eigenvalue weighted by Crippen LogP contribution is 2.23. The molecule has 1 aromatic carbocycles. The van der Waals surface area contributed by atoms with E-state index in [0.717, 1.165) is 6.07 Å². The van der Waals surface area contributed by atoms with Crippen molar-refractivity contribution in [2.24, 2.45) is 5.92 Å². The first-order valence-corrected chi connectivity index (χ1v) is 6.15. The van der Waals surface area contributed by atoms with Crippen LogP contribution in [0.4, 0.5) is 11.4 Å². The fourth-order valence-electron chi connectivity index (χ4n) is 2.11. The summed E-state index contributed by atoms with van der Waals surface area (Å²) in [5, 5.41) is 22.5. The van der Waals surface area contributed by atoms with E-state index >= 15 is 0 Å². The van der Waals surface area contributed by atoms with Crippen LogP contribution in [0.3, 0.4) is 0 Å². The van der Waals surface area contributed by atoms with Gasteiger partial charge in [0.15, 0.2) is 0 Å². The van der Waals surface area contributed by atoms with Gasteiger partial charge >= 0.3 is 0 Å². The molecular formula is C13H15N3O4. The molecule has 7 heteroatoms. The molecule has 1 aliphatic carbocycles. The van der Waals surface area contributed by atoms with Crippen LogP contribution in [0.2, 0.25) is 0 Å². The van der Waals surface area contributed by atoms with Crippen LogP contribution in [-0.4, -0.2) is 28.6 Å². The van der Waals surface area contributed by atoms with Crippen molar-refractivity contribution < 1.29 is 14.8 Å². The number of nitrogen functional groups attached to an aromatic ring is 1. The zero-order valence-electron chi connectivity index (χ0n) is 10.7. The number of aliphatic hydroxyl groups excluding tert-OH is 1. The Morgan fingerprint density at radius 2 is 2.25 bits per heavy atom. The Morgan fingerprint density at radius 3 is 2.85 bits per heavy atom. The van der Waals surface area contributed by atoms with E-state index in [2.05, 4.69) is 5.32 Å². The van der Waals surface area contributed by atoms with E-state index in [1.54, 1.807) is 0 Å². The van der Waals surface area contributed by atoms with Gasteiger partial charge in [0.2, 0.25) is 0 Å². The number of hydrogen-bond acceptors (Lipinski definition) is 5. The van der Waals surface area contributed by atoms with Gasteiger partial charge in [-0.3, -0.25) is 14.9 Å². The smallest absolute Gasteiger partial charge is 0.292 e. The van der Waals surface area contributed by atoms with E-state index in [1.807, 2.05) is 12.2 Å². The van der Waals surface area contributed by atoms with Gasteiger partial charge in [-0.05, 0) is 18.6 Å². The molecule has 1 aliphatic rings. The highest BCUT2D eigenvalue weighted by molar-refractivity contribution is 5.96. The molecule has 0 radical (unpaired) electrons. The lowest BCUT2D eigenvalue weighted by molar-refractivity contribution is -0.383. The highest BCUT2D eigenvalue weighted by Gasteiger charge is 2.21. The first kappa shape index (κ1) is 14.0. The first-order chi connectivity index (χ1) is 9.51. The lowest BCUT2D eigenvalue weighted by atomic mass is 10.1. The lowest BCUT2D eigenvalue weighted by Crippen LogP contribution is -2.32. The van der Waals surface area contributed by atoms with E-state index in [4.69, 9.17) is 10.8 Å². The molecule has 2 atom stereocenters. The van der Waals surface area contributed by atoms with Crippen LogP contribution >= 0.6 is 0 Å². The molecule has 7 nitrogen and oxygen atoms in total. The molecule has 1 aromatic rings. The normalized spacial score (nSPS) is 20.9. The Labute approximate surface area is 115 Å². The molecule has 0 heterocycles. The van der Waals surface area contributed by atoms with E-state index in [-0.39, 0.29) is 35.5 Å². The van der Waals surface area contributed by atoms with Crippen molar-refractivity contribution in [3.63, 3.8) is 0 Å². The summed E-state index contributed by atoms with van der Waals surface area (Å²) < 4.78 is 0. The molecule has 0 bridgehead atoms. The fraction of sp³-hybridized carbons (Fsp3) is 0.308. The van der Waals surface area contributed by atoms with Crippen LogP contribution in [0.25, 0.3) is 0 Å². The summed E-state index contributed by atoms with van der Waals surface area (Å²) in [6, 6.07) is 3.78. The molecule has 0 aliphatic heterocycles. The van der Waals surface area contributed by atoms with Gasteiger partial charge < -0.3 is 16.2 Å². The van der Waals surface area contributed by atoms with Crippen molar-refractivity contribution in [2.45, 2.75) is 12.5 Å². The van der Waals surface area contributed by atoms with Crippen LogP contribution < -0.4 is 11.1 Å². The van der Waals surface area contributed by atoms with Crippen molar-refractivity contribution in [1.29, 1.82) is 0 Å². The number of aliphatic hydroxyl groups is 1. The number of carbonyl (C=O) groups is 1. The predicted molar refractivity (Wildman–Crippen MR) is 73.1 cm³/mol. The lowest BCUT2D eigenvalue weighted by Gasteiger charge is -2.12. The number of rotatable bonds is 4. The molecule has 2 rings (SSSR count). The Kier molecular flexibility index (Phi) is 3.99. The molecule has 106 valence electrons. The number of nitrogens with one attached hydrogen (secondary N) is 1. The summed E-state index contributed by atoms with van der Waals surface area (Å²) in [5.74, 6) is -0.359. The second-order valence-electron chi connectivity index (χ2n) is 4.67. The van der Waals surface area contributed by atoms with Crippen LogP contribution in [0.15, 0.2) is 30.4 Å². The Hall–Kier alpha value is -2.41. The molecule has 0 saturated carbocycles. The van der Waals surface area contributed by atoms with Crippen LogP contribution in [0.1, 0.15) is 16.8 Å². The van der Waals surface area contributed by atoms with Gasteiger partial charge in [-0.15, -0.1) is 0 Å². The van der Waals surface area contributed by atoms with Crippen molar-refractivity contribution >= 4 is 17.3 Å². The van der Waals surface area contributed by atoms with Gasteiger partial charge in [-0.1, -0.05) is 12.2 Å². The highest BCUT2D eigenvalue weighted by atomic mass is 16.6. The molecule has 4 N–H and O–H groups in total. The second-order valence-corrected chi connectivity index (χ2v) is 4.67. The first-order valence-electron chi connectivity index (χ1n) is 6.15. The molecule has 0 aromatic heterocycles. The zero-order valence-corrected chi connectivity index (χ0v) is 10.7. The topological polar surface area (TPSA) is 118 Å². The molecule has 0 unspecified atom stereocenters. The summed E-state index contributed by atoms with van der Waals surface area (Å²) in [6.07, 6.45) is 4.28. The number of nitro benzene ring substituents is 1. The fourth-order valence-corrected chi connectivity index (χ4v) is 2.11. The number of amides is 1. The number of nitrogens with zero attached hydrogens (tertiary/aromatic N) is 1. The number of hydrogen-bond donors (Lipinski definition) is 3. The molecule has 20 heavy (non-hydrogen) atoms. The third-order valence-corrected chi connectivity index (χ3v) is 3.21. The second kappa shape index (κ2) is 5.70. The number of carbonyl (C=O) groups excluding carboxylic acids is 1. The van der Waals surface area contributed by atoms with Crippen molar-refractivity contribution in [3.8, 4) is 0 Å². The van der Waals surface area contributed by atoms with Gasteiger partial charge in [-0.2, -0.15) is 0 Å². The van der Waals surface area contributed by atoms with Crippen LogP contribution in [0.5, 0.6) is 0 Å². The van der Waals surface area contributed by atoms with Gasteiger partial charge in [-0.25, -0.2) is 0 Å². The Bertz CT molecular complexity index is 571. The van der Waals surface area contributed by atoms with Gasteiger partial charge in [0, 0.05) is 30.2 Å². The van der Waals surface area contributed by atoms with Crippen LogP contribution in [-0.2, 0) is 0 Å². The van der Waals surface area contributed by atoms with Gasteiger partial charge in [0.1, 0.15) is 5.69 Å². The summed E-state index contributed by atoms with van der Waals surface area (Å²) in [6.45, 7) is 0.0379. The van der Waals surface area contributed by atoms with E-state index in [1.165, 1.54) is 12.1 Å². The van der Waals surface area contributed by atoms with Gasteiger partial charge in [0.05, 0.1) is 4.92 Å². The van der Waals surface area contributed by atoms with E-state index < -0.39 is 10.8 Å². The summed E-state index contributed by atoms with van der Waals surface area (Å²) in [4.78, 5) is 22.2. The number of nitrogens with two attached hydrogens (primary N) is 1. The van der Waals surface area contributed by atoms with E-state index in [0.29, 0.717) is 6.42 Å². The number of nitro groups is 1. The molecule has 0 fully saturated rings. The maximum atomic E-state index is 12.0. The third-order valence-electron chi connectivity index (χ3n) is 3.21. The van der Waals surface area contributed by atoms with Gasteiger partial charge in [0.25, 0.3) is 11.6 Å². The molecule has 0 saturated heterocycles. The minimum absolute atomic E-state index is 0.0210. The largest absolute Gasteiger partial charge is 0.396 e. The quantitative estimate of drug-likeness (QED) is 0.326. The van der Waals surface area contributed by atoms with Crippen molar-refractivity contribution in [2.75, 3.05) is 12.3 Å². The minimum atomic E-state index is -0.622. The molecular weight excluding hydrogens is 262 g/mol. The standard InChI is InChI=1S/C13H15N3O4/c14-11-4-2-9(6-12(11)16(19)20)13(18)15-10-3-1-8(5-10)7-17/h1-4,6,8,10,17H,5,7,14H2,(H,15,18)/t8-,10+/m0/s1. The van der Waals surface area contributed by atoms with Crippen LogP contribution in [0, 0.1) is 16.0 Å². The summed E-state index contributed by atoms with van der Waals surface area (Å²) in [5.41, 5.74) is 5.40. The van der Waals surface area contributed by atoms with Crippen molar-refractivity contribution in [3.05, 3.63) is 46.0 Å². The maximum Gasteiger partial charge on any atom is 0.292 e. The predicted octanol–water partition coefficient (Wildman–Crippen LogP) is 0.844. The summed E-state index contributed by atoms with van der Waals surface area (Å²) in [7, 11) is 0. The third kappa shape index (κ3) is 2.94. The monoisotopic (exact) mass is 277 g/mol. The average molecular weight is 277 g/mol. The zero-order chi connectivity index (χ0) is 14.7. The average Bonchev–Trinajstić information content (AvgIpc) is 2.86. The number of anilines is 1. The molecule has 1 amide bonds. The number of benzene rings is 1. The minimum Gasteiger partial charge on any atom is -0.396 e. The Morgan fingerprint density at radius 1 is 1.50 bits per heavy atom. The van der Waals surface area contributed by atoms with E-state index in [9.17, 15) is 14.9 Å². The summed E-state index contributed by atoms with van der Waals surface area (Å²) >= 11 is 0.